The molecule has 4 atom stereocenters. The van der Waals surface area contributed by atoms with E-state index in [-0.39, 0.29) is 22.5 Å². The number of fused-ring (bicyclic) bond motifs is 2. The van der Waals surface area contributed by atoms with Crippen molar-refractivity contribution in [2.45, 2.75) is 50.0 Å². The molecule has 0 aliphatic heterocycles. The van der Waals surface area contributed by atoms with Gasteiger partial charge in [0.05, 0.1) is 16.4 Å². The number of carbonyl (C=O) groups is 1. The van der Waals surface area contributed by atoms with Crippen LogP contribution in [-0.4, -0.2) is 29.6 Å². The first kappa shape index (κ1) is 18.4. The van der Waals surface area contributed by atoms with Crippen LogP contribution in [0.2, 0.25) is 0 Å². The Bertz CT molecular complexity index is 747. The van der Waals surface area contributed by atoms with E-state index < -0.39 is 15.7 Å². The Morgan fingerprint density at radius 2 is 1.80 bits per heavy atom. The quantitative estimate of drug-likeness (QED) is 0.471. The molecule has 1 aromatic carbocycles. The van der Waals surface area contributed by atoms with E-state index in [0.717, 1.165) is 25.7 Å². The number of hydrogen-bond donors (Lipinski definition) is 2. The van der Waals surface area contributed by atoms with Crippen LogP contribution in [0.3, 0.4) is 0 Å². The summed E-state index contributed by atoms with van der Waals surface area (Å²) in [5.41, 5.74) is -0.681. The molecule has 0 spiro atoms. The van der Waals surface area contributed by atoms with Crippen LogP contribution in [0.4, 0.5) is 0 Å². The average molecular weight is 368 g/mol. The van der Waals surface area contributed by atoms with Gasteiger partial charge in [-0.05, 0) is 81.5 Å². The Morgan fingerprint density at radius 3 is 2.28 bits per heavy atom. The van der Waals surface area contributed by atoms with Gasteiger partial charge >= 0.3 is 5.97 Å². The van der Waals surface area contributed by atoms with Gasteiger partial charge < -0.3 is 9.84 Å². The molecule has 2 saturated carbocycles. The van der Waals surface area contributed by atoms with Gasteiger partial charge in [-0.1, -0.05) is 0 Å². The van der Waals surface area contributed by atoms with Crippen molar-refractivity contribution in [1.82, 2.24) is 0 Å². The third kappa shape index (κ3) is 4.22. The highest BCUT2D eigenvalue weighted by Gasteiger charge is 2.49. The third-order valence-corrected chi connectivity index (χ3v) is 6.28. The van der Waals surface area contributed by atoms with Crippen LogP contribution < -0.4 is 4.74 Å². The van der Waals surface area contributed by atoms with E-state index in [9.17, 15) is 18.3 Å². The highest BCUT2D eigenvalue weighted by Crippen LogP contribution is 2.54. The Labute approximate surface area is 147 Å². The molecule has 2 aliphatic rings. The number of carbonyl (C=O) groups excluding carboxylic acids is 1. The molecule has 3 rings (SSSR count). The molecule has 6 nitrogen and oxygen atoms in total. The number of rotatable bonds is 5. The summed E-state index contributed by atoms with van der Waals surface area (Å²) >= 11 is 0. The standard InChI is InChI=1S/C18H24O6S/c1-18(2,20)10-13-8-12-7-11(13)9-16(12)17(19)24-14-3-5-15(6-4-14)25(21,22)23/h3-6,11-13,16,20H,7-10H2,1-2H3,(H,21,22,23). The maximum absolute atomic E-state index is 12.4. The number of esters is 1. The third-order valence-electron chi connectivity index (χ3n) is 5.41. The van der Waals surface area contributed by atoms with Gasteiger partial charge in [-0.25, -0.2) is 0 Å². The van der Waals surface area contributed by atoms with Gasteiger partial charge in [-0.15, -0.1) is 0 Å². The van der Waals surface area contributed by atoms with E-state index in [1.54, 1.807) is 0 Å². The number of ether oxygens (including phenoxy) is 1. The van der Waals surface area contributed by atoms with E-state index in [4.69, 9.17) is 9.29 Å². The van der Waals surface area contributed by atoms with Crippen LogP contribution in [-0.2, 0) is 14.9 Å². The molecule has 0 saturated heterocycles. The van der Waals surface area contributed by atoms with Crippen molar-refractivity contribution in [3.63, 3.8) is 0 Å². The summed E-state index contributed by atoms with van der Waals surface area (Å²) in [6.07, 6.45) is 3.48. The summed E-state index contributed by atoms with van der Waals surface area (Å²) in [7, 11) is -4.25. The summed E-state index contributed by atoms with van der Waals surface area (Å²) < 4.78 is 36.4. The predicted octanol–water partition coefficient (Wildman–Crippen LogP) is 2.66. The van der Waals surface area contributed by atoms with E-state index in [1.807, 2.05) is 13.8 Å². The summed E-state index contributed by atoms with van der Waals surface area (Å²) in [5, 5.41) is 10.0. The molecule has 7 heteroatoms. The monoisotopic (exact) mass is 368 g/mol. The van der Waals surface area contributed by atoms with Crippen molar-refractivity contribution in [2.75, 3.05) is 0 Å². The summed E-state index contributed by atoms with van der Waals surface area (Å²) in [6.45, 7) is 3.64. The molecule has 138 valence electrons. The fourth-order valence-corrected chi connectivity index (χ4v) is 4.93. The zero-order valence-corrected chi connectivity index (χ0v) is 15.2. The Morgan fingerprint density at radius 1 is 1.16 bits per heavy atom. The van der Waals surface area contributed by atoms with Gasteiger partial charge in [0.15, 0.2) is 0 Å². The second-order valence-electron chi connectivity index (χ2n) is 7.98. The molecule has 25 heavy (non-hydrogen) atoms. The summed E-state index contributed by atoms with van der Waals surface area (Å²) in [5.74, 6) is 1.06. The number of hydrogen-bond acceptors (Lipinski definition) is 5. The van der Waals surface area contributed by atoms with Gasteiger partial charge in [-0.3, -0.25) is 9.35 Å². The van der Waals surface area contributed by atoms with Crippen molar-refractivity contribution in [2.24, 2.45) is 23.7 Å². The lowest BCUT2D eigenvalue weighted by molar-refractivity contribution is -0.141. The molecule has 2 bridgehead atoms. The summed E-state index contributed by atoms with van der Waals surface area (Å²) in [4.78, 5) is 12.2. The number of aliphatic hydroxyl groups is 1. The molecule has 0 amide bonds. The highest BCUT2D eigenvalue weighted by atomic mass is 32.2. The van der Waals surface area contributed by atoms with Crippen molar-refractivity contribution in [3.05, 3.63) is 24.3 Å². The Balaban J connectivity index is 1.59. The van der Waals surface area contributed by atoms with Crippen LogP contribution in [0.25, 0.3) is 0 Å². The predicted molar refractivity (Wildman–Crippen MR) is 90.6 cm³/mol. The zero-order valence-electron chi connectivity index (χ0n) is 14.4. The SMILES string of the molecule is CC(C)(O)CC1CC2CC1CC2C(=O)Oc1ccc(S(=O)(=O)O)cc1. The Kier molecular flexibility index (Phi) is 4.68. The minimum Gasteiger partial charge on any atom is -0.426 e. The van der Waals surface area contributed by atoms with Crippen LogP contribution in [0.1, 0.15) is 39.5 Å². The molecule has 1 aromatic rings. The second kappa shape index (κ2) is 6.37. The fraction of sp³-hybridized carbons (Fsp3) is 0.611. The molecule has 2 aliphatic carbocycles. The van der Waals surface area contributed by atoms with Gasteiger partial charge in [0.1, 0.15) is 5.75 Å². The lowest BCUT2D eigenvalue weighted by Crippen LogP contribution is -2.31. The Hall–Kier alpha value is -1.44. The van der Waals surface area contributed by atoms with Crippen LogP contribution >= 0.6 is 0 Å². The number of benzene rings is 1. The van der Waals surface area contributed by atoms with Gasteiger partial charge in [0.25, 0.3) is 10.1 Å². The first-order chi connectivity index (χ1) is 11.5. The van der Waals surface area contributed by atoms with Gasteiger partial charge in [0, 0.05) is 0 Å². The normalized spacial score (nSPS) is 29.0. The lowest BCUT2D eigenvalue weighted by Gasteiger charge is -2.30. The topological polar surface area (TPSA) is 101 Å². The molecular weight excluding hydrogens is 344 g/mol. The summed E-state index contributed by atoms with van der Waals surface area (Å²) in [6, 6.07) is 5.15. The van der Waals surface area contributed by atoms with E-state index >= 15 is 0 Å². The van der Waals surface area contributed by atoms with Crippen molar-refractivity contribution >= 4 is 16.1 Å². The molecule has 2 fully saturated rings. The maximum Gasteiger partial charge on any atom is 0.314 e. The van der Waals surface area contributed by atoms with Gasteiger partial charge in [-0.2, -0.15) is 8.42 Å². The zero-order chi connectivity index (χ0) is 18.4. The fourth-order valence-electron chi connectivity index (χ4n) is 4.45. The molecule has 0 radical (unpaired) electrons. The smallest absolute Gasteiger partial charge is 0.314 e. The maximum atomic E-state index is 12.4. The van der Waals surface area contributed by atoms with Crippen LogP contribution in [0, 0.1) is 23.7 Å². The van der Waals surface area contributed by atoms with E-state index in [1.165, 1.54) is 24.3 Å². The lowest BCUT2D eigenvalue weighted by atomic mass is 9.77. The molecule has 2 N–H and O–H groups in total. The highest BCUT2D eigenvalue weighted by molar-refractivity contribution is 7.85. The van der Waals surface area contributed by atoms with Crippen LogP contribution in [0.5, 0.6) is 5.75 Å². The molecule has 4 unspecified atom stereocenters. The first-order valence-corrected chi connectivity index (χ1v) is 9.98. The second-order valence-corrected chi connectivity index (χ2v) is 9.40. The minimum atomic E-state index is -4.25. The van der Waals surface area contributed by atoms with Crippen LogP contribution in [0.15, 0.2) is 29.2 Å². The first-order valence-electron chi connectivity index (χ1n) is 8.54. The van der Waals surface area contributed by atoms with E-state index in [0.29, 0.717) is 17.8 Å². The van der Waals surface area contributed by atoms with Crippen molar-refractivity contribution in [3.8, 4) is 5.75 Å². The largest absolute Gasteiger partial charge is 0.426 e. The van der Waals surface area contributed by atoms with Crippen molar-refractivity contribution < 1.29 is 27.6 Å². The minimum absolute atomic E-state index is 0.135. The molecule has 0 aromatic heterocycles. The molecule has 0 heterocycles. The van der Waals surface area contributed by atoms with Gasteiger partial charge in [0.2, 0.25) is 0 Å². The molecular formula is C18H24O6S. The average Bonchev–Trinajstić information content (AvgIpc) is 3.04. The van der Waals surface area contributed by atoms with Crippen molar-refractivity contribution in [1.29, 1.82) is 0 Å². The van der Waals surface area contributed by atoms with E-state index in [2.05, 4.69) is 0 Å².